The number of carbonyl (C=O) groups is 2. The second kappa shape index (κ2) is 6.47. The standard InChI is InChI=1S/C14H20ClN3O3/c1-8-11(15)12(17-18(8)2)13(19)16-10-7-5-3-4-6-9(10)14(20)21/h9-10H,3-7H2,1-2H3,(H,16,19)(H,20,21)/t9-,10+/m1/s1. The second-order valence-corrected chi connectivity index (χ2v) is 5.91. The van der Waals surface area contributed by atoms with Crippen molar-refractivity contribution in [1.29, 1.82) is 0 Å². The number of halogens is 1. The summed E-state index contributed by atoms with van der Waals surface area (Å²) >= 11 is 6.10. The minimum absolute atomic E-state index is 0.157. The van der Waals surface area contributed by atoms with Gasteiger partial charge in [-0.15, -0.1) is 0 Å². The van der Waals surface area contributed by atoms with Gasteiger partial charge >= 0.3 is 5.97 Å². The molecular formula is C14H20ClN3O3. The lowest BCUT2D eigenvalue weighted by Crippen LogP contribution is -2.43. The Morgan fingerprint density at radius 1 is 1.33 bits per heavy atom. The fourth-order valence-corrected chi connectivity index (χ4v) is 2.99. The highest BCUT2D eigenvalue weighted by molar-refractivity contribution is 6.34. The first-order valence-electron chi connectivity index (χ1n) is 7.14. The van der Waals surface area contributed by atoms with Crippen LogP contribution in [0.3, 0.4) is 0 Å². The molecule has 1 aliphatic carbocycles. The summed E-state index contributed by atoms with van der Waals surface area (Å²) in [5, 5.41) is 16.5. The molecule has 2 atom stereocenters. The summed E-state index contributed by atoms with van der Waals surface area (Å²) in [6, 6.07) is -0.365. The number of aromatic nitrogens is 2. The molecule has 1 fully saturated rings. The fraction of sp³-hybridized carbons (Fsp3) is 0.643. The van der Waals surface area contributed by atoms with Gasteiger partial charge in [0.25, 0.3) is 5.91 Å². The number of nitrogens with one attached hydrogen (secondary N) is 1. The van der Waals surface area contributed by atoms with Crippen molar-refractivity contribution in [2.75, 3.05) is 0 Å². The van der Waals surface area contributed by atoms with Crippen LogP contribution < -0.4 is 5.32 Å². The van der Waals surface area contributed by atoms with Crippen LogP contribution in [0.1, 0.15) is 48.3 Å². The zero-order chi connectivity index (χ0) is 15.6. The number of aliphatic carboxylic acids is 1. The number of carboxylic acid groups (broad SMARTS) is 1. The summed E-state index contributed by atoms with van der Waals surface area (Å²) < 4.78 is 1.54. The summed E-state index contributed by atoms with van der Waals surface area (Å²) in [5.41, 5.74) is 0.863. The molecule has 21 heavy (non-hydrogen) atoms. The molecular weight excluding hydrogens is 294 g/mol. The molecule has 0 bridgehead atoms. The van der Waals surface area contributed by atoms with Crippen molar-refractivity contribution in [2.45, 2.75) is 45.1 Å². The number of rotatable bonds is 3. The van der Waals surface area contributed by atoms with Gasteiger partial charge in [0.2, 0.25) is 0 Å². The third-order valence-electron chi connectivity index (χ3n) is 4.13. The minimum atomic E-state index is -0.856. The molecule has 2 N–H and O–H groups in total. The Bertz CT molecular complexity index is 556. The first kappa shape index (κ1) is 15.8. The molecule has 0 aromatic carbocycles. The van der Waals surface area contributed by atoms with E-state index in [1.807, 2.05) is 0 Å². The molecule has 1 saturated carbocycles. The number of hydrogen-bond acceptors (Lipinski definition) is 3. The molecule has 1 heterocycles. The van der Waals surface area contributed by atoms with Crippen LogP contribution in [-0.4, -0.2) is 32.8 Å². The smallest absolute Gasteiger partial charge is 0.308 e. The van der Waals surface area contributed by atoms with Crippen LogP contribution in [0.25, 0.3) is 0 Å². The van der Waals surface area contributed by atoms with E-state index in [1.54, 1.807) is 18.7 Å². The molecule has 0 aliphatic heterocycles. The zero-order valence-electron chi connectivity index (χ0n) is 12.2. The molecule has 2 rings (SSSR count). The SMILES string of the molecule is Cc1c(Cl)c(C(=O)N[C@H]2CCCCC[C@H]2C(=O)O)nn1C. The monoisotopic (exact) mass is 313 g/mol. The number of carboxylic acids is 1. The average Bonchev–Trinajstić information content (AvgIpc) is 2.62. The van der Waals surface area contributed by atoms with E-state index < -0.39 is 17.8 Å². The Morgan fingerprint density at radius 3 is 2.57 bits per heavy atom. The maximum atomic E-state index is 12.3. The molecule has 0 saturated heterocycles. The predicted molar refractivity (Wildman–Crippen MR) is 78.4 cm³/mol. The number of hydrogen-bond donors (Lipinski definition) is 2. The summed E-state index contributed by atoms with van der Waals surface area (Å²) in [6.45, 7) is 1.78. The van der Waals surface area contributed by atoms with Crippen LogP contribution >= 0.6 is 11.6 Å². The van der Waals surface area contributed by atoms with Crippen LogP contribution in [0.2, 0.25) is 5.02 Å². The van der Waals surface area contributed by atoms with Crippen molar-refractivity contribution < 1.29 is 14.7 Å². The van der Waals surface area contributed by atoms with Gasteiger partial charge in [-0.3, -0.25) is 14.3 Å². The molecule has 1 aliphatic rings. The van der Waals surface area contributed by atoms with E-state index in [9.17, 15) is 14.7 Å². The highest BCUT2D eigenvalue weighted by atomic mass is 35.5. The molecule has 0 spiro atoms. The van der Waals surface area contributed by atoms with E-state index in [0.717, 1.165) is 19.3 Å². The lowest BCUT2D eigenvalue weighted by Gasteiger charge is -2.22. The third kappa shape index (κ3) is 3.37. The van der Waals surface area contributed by atoms with Crippen molar-refractivity contribution in [3.05, 3.63) is 16.4 Å². The Labute approximate surface area is 128 Å². The van der Waals surface area contributed by atoms with Gasteiger partial charge in [-0.2, -0.15) is 5.10 Å². The van der Waals surface area contributed by atoms with Crippen molar-refractivity contribution in [1.82, 2.24) is 15.1 Å². The molecule has 7 heteroatoms. The molecule has 0 unspecified atom stereocenters. The van der Waals surface area contributed by atoms with E-state index in [1.165, 1.54) is 0 Å². The van der Waals surface area contributed by atoms with Crippen LogP contribution in [0.5, 0.6) is 0 Å². The Morgan fingerprint density at radius 2 is 2.00 bits per heavy atom. The zero-order valence-corrected chi connectivity index (χ0v) is 13.0. The summed E-state index contributed by atoms with van der Waals surface area (Å²) in [7, 11) is 1.71. The Kier molecular flexibility index (Phi) is 4.88. The predicted octanol–water partition coefficient (Wildman–Crippen LogP) is 2.15. The van der Waals surface area contributed by atoms with Gasteiger partial charge in [0.15, 0.2) is 5.69 Å². The van der Waals surface area contributed by atoms with Crippen molar-refractivity contribution in [2.24, 2.45) is 13.0 Å². The van der Waals surface area contributed by atoms with E-state index in [0.29, 0.717) is 23.6 Å². The topological polar surface area (TPSA) is 84.2 Å². The average molecular weight is 314 g/mol. The van der Waals surface area contributed by atoms with Crippen molar-refractivity contribution in [3.63, 3.8) is 0 Å². The first-order valence-corrected chi connectivity index (χ1v) is 7.52. The maximum Gasteiger partial charge on any atom is 0.308 e. The number of aryl methyl sites for hydroxylation is 1. The van der Waals surface area contributed by atoms with Crippen LogP contribution in [0.4, 0.5) is 0 Å². The third-order valence-corrected chi connectivity index (χ3v) is 4.58. The van der Waals surface area contributed by atoms with Gasteiger partial charge in [-0.05, 0) is 19.8 Å². The summed E-state index contributed by atoms with van der Waals surface area (Å²) in [6.07, 6.45) is 4.07. The lowest BCUT2D eigenvalue weighted by atomic mass is 9.95. The summed E-state index contributed by atoms with van der Waals surface area (Å²) in [5.74, 6) is -1.80. The summed E-state index contributed by atoms with van der Waals surface area (Å²) in [4.78, 5) is 23.7. The maximum absolute atomic E-state index is 12.3. The fourth-order valence-electron chi connectivity index (χ4n) is 2.74. The van der Waals surface area contributed by atoms with Crippen LogP contribution in [-0.2, 0) is 11.8 Å². The molecule has 6 nitrogen and oxygen atoms in total. The van der Waals surface area contributed by atoms with E-state index >= 15 is 0 Å². The Hall–Kier alpha value is -1.56. The number of carbonyl (C=O) groups excluding carboxylic acids is 1. The van der Waals surface area contributed by atoms with Crippen LogP contribution in [0.15, 0.2) is 0 Å². The van der Waals surface area contributed by atoms with E-state index in [-0.39, 0.29) is 11.7 Å². The number of nitrogens with zero attached hydrogens (tertiary/aromatic N) is 2. The van der Waals surface area contributed by atoms with Crippen LogP contribution in [0, 0.1) is 12.8 Å². The Balaban J connectivity index is 2.16. The largest absolute Gasteiger partial charge is 0.481 e. The molecule has 116 valence electrons. The van der Waals surface area contributed by atoms with Crippen molar-refractivity contribution in [3.8, 4) is 0 Å². The van der Waals surface area contributed by atoms with E-state index in [4.69, 9.17) is 11.6 Å². The van der Waals surface area contributed by atoms with Gasteiger partial charge in [0, 0.05) is 13.1 Å². The quantitative estimate of drug-likeness (QED) is 0.837. The molecule has 1 aromatic rings. The van der Waals surface area contributed by atoms with Gasteiger partial charge in [0.1, 0.15) is 0 Å². The lowest BCUT2D eigenvalue weighted by molar-refractivity contribution is -0.142. The normalized spacial score (nSPS) is 22.6. The number of amides is 1. The molecule has 0 radical (unpaired) electrons. The molecule has 1 aromatic heterocycles. The highest BCUT2D eigenvalue weighted by Crippen LogP contribution is 2.25. The van der Waals surface area contributed by atoms with E-state index in [2.05, 4.69) is 10.4 Å². The first-order chi connectivity index (χ1) is 9.91. The van der Waals surface area contributed by atoms with Gasteiger partial charge < -0.3 is 10.4 Å². The van der Waals surface area contributed by atoms with Gasteiger partial charge in [-0.1, -0.05) is 30.9 Å². The van der Waals surface area contributed by atoms with Gasteiger partial charge in [-0.25, -0.2) is 0 Å². The minimum Gasteiger partial charge on any atom is -0.481 e. The second-order valence-electron chi connectivity index (χ2n) is 5.53. The van der Waals surface area contributed by atoms with Crippen molar-refractivity contribution >= 4 is 23.5 Å². The highest BCUT2D eigenvalue weighted by Gasteiger charge is 2.32. The van der Waals surface area contributed by atoms with Gasteiger partial charge in [0.05, 0.1) is 16.6 Å². The molecule has 1 amide bonds.